The van der Waals surface area contributed by atoms with Gasteiger partial charge in [-0.25, -0.2) is 0 Å². The number of fused-ring (bicyclic) bond motifs is 6. The van der Waals surface area contributed by atoms with Crippen LogP contribution in [-0.2, 0) is 0 Å². The van der Waals surface area contributed by atoms with Crippen LogP contribution in [0.25, 0.3) is 109 Å². The van der Waals surface area contributed by atoms with Gasteiger partial charge in [0.2, 0.25) is 0 Å². The van der Waals surface area contributed by atoms with Crippen molar-refractivity contribution < 1.29 is 0 Å². The third-order valence-electron chi connectivity index (χ3n) is 10.7. The van der Waals surface area contributed by atoms with Gasteiger partial charge in [-0.1, -0.05) is 170 Å². The molecule has 0 saturated carbocycles. The van der Waals surface area contributed by atoms with Crippen molar-refractivity contribution in [3.63, 3.8) is 0 Å². The SMILES string of the molecule is c1ccc(-c2ccccc2-c2c3c(c(-c4ccccc4)c4ccccc24)-c2ccc4c5cccc6cccc(c7ccc-3c2c47)c65)cc1. The minimum atomic E-state index is 1.23. The molecule has 0 aliphatic heterocycles. The van der Waals surface area contributed by atoms with E-state index in [4.69, 9.17) is 0 Å². The van der Waals surface area contributed by atoms with E-state index in [1.807, 2.05) is 0 Å². The Labute approximate surface area is 278 Å². The molecule has 48 heavy (non-hydrogen) atoms. The monoisotopic (exact) mass is 604 g/mol. The van der Waals surface area contributed by atoms with E-state index in [-0.39, 0.29) is 0 Å². The van der Waals surface area contributed by atoms with E-state index in [2.05, 4.69) is 170 Å². The van der Waals surface area contributed by atoms with Crippen LogP contribution in [-0.4, -0.2) is 0 Å². The van der Waals surface area contributed by atoms with Gasteiger partial charge in [0.25, 0.3) is 0 Å². The maximum atomic E-state index is 2.42. The van der Waals surface area contributed by atoms with Crippen molar-refractivity contribution in [1.82, 2.24) is 0 Å². The Hall–Kier alpha value is -6.24. The fourth-order valence-electron chi connectivity index (χ4n) is 8.88. The molecule has 0 fully saturated rings. The summed E-state index contributed by atoms with van der Waals surface area (Å²) in [5.74, 6) is 0. The van der Waals surface area contributed by atoms with Gasteiger partial charge in [-0.15, -0.1) is 0 Å². The highest BCUT2D eigenvalue weighted by Crippen LogP contribution is 2.60. The van der Waals surface area contributed by atoms with Gasteiger partial charge in [0, 0.05) is 0 Å². The number of rotatable bonds is 3. The van der Waals surface area contributed by atoms with Crippen LogP contribution in [0.3, 0.4) is 0 Å². The van der Waals surface area contributed by atoms with E-state index < -0.39 is 0 Å². The standard InChI is InChI=1S/C48H28/c1-3-13-29(14-4-1)32-19-7-8-20-33(32)45-37-22-10-9-21-36(37)43(31-15-5-2-6-16-31)47-40-27-25-38-34-23-11-17-30-18-12-24-35(42(30)34)39-26-28-41(48(45)47)46(40)44(38)39/h1-28H. The summed E-state index contributed by atoms with van der Waals surface area (Å²) in [4.78, 5) is 0. The lowest BCUT2D eigenvalue weighted by Crippen LogP contribution is -1.95. The Morgan fingerprint density at radius 3 is 1.33 bits per heavy atom. The molecule has 1 aliphatic carbocycles. The fourth-order valence-corrected chi connectivity index (χ4v) is 8.88. The summed E-state index contributed by atoms with van der Waals surface area (Å²) in [6, 6.07) is 63.1. The molecule has 0 N–H and O–H groups in total. The second-order valence-electron chi connectivity index (χ2n) is 13.1. The molecule has 10 aromatic rings. The van der Waals surface area contributed by atoms with E-state index in [0.717, 1.165) is 0 Å². The maximum absolute atomic E-state index is 2.42. The van der Waals surface area contributed by atoms with E-state index >= 15 is 0 Å². The molecular weight excluding hydrogens is 577 g/mol. The molecule has 11 rings (SSSR count). The summed E-state index contributed by atoms with van der Waals surface area (Å²) in [5, 5.41) is 13.3. The third kappa shape index (κ3) is 3.34. The summed E-state index contributed by atoms with van der Waals surface area (Å²) in [6.07, 6.45) is 0. The molecule has 0 heterocycles. The summed E-state index contributed by atoms with van der Waals surface area (Å²) >= 11 is 0. The van der Waals surface area contributed by atoms with Crippen LogP contribution in [0.2, 0.25) is 0 Å². The third-order valence-corrected chi connectivity index (χ3v) is 10.7. The first kappa shape index (κ1) is 25.9. The van der Waals surface area contributed by atoms with Crippen molar-refractivity contribution >= 4 is 53.9 Å². The molecular formula is C48H28. The minimum absolute atomic E-state index is 1.23. The fraction of sp³-hybridized carbons (Fsp3) is 0. The van der Waals surface area contributed by atoms with Crippen molar-refractivity contribution in [3.05, 3.63) is 170 Å². The molecule has 220 valence electrons. The van der Waals surface area contributed by atoms with Crippen molar-refractivity contribution in [3.8, 4) is 55.6 Å². The van der Waals surface area contributed by atoms with Crippen LogP contribution in [0, 0.1) is 0 Å². The van der Waals surface area contributed by atoms with Gasteiger partial charge < -0.3 is 0 Å². The van der Waals surface area contributed by atoms with Gasteiger partial charge in [0.15, 0.2) is 0 Å². The number of hydrogen-bond donors (Lipinski definition) is 0. The molecule has 0 unspecified atom stereocenters. The van der Waals surface area contributed by atoms with Gasteiger partial charge in [-0.05, 0) is 109 Å². The predicted molar refractivity (Wildman–Crippen MR) is 206 cm³/mol. The summed E-state index contributed by atoms with van der Waals surface area (Å²) < 4.78 is 0. The van der Waals surface area contributed by atoms with Gasteiger partial charge in [0.1, 0.15) is 0 Å². The van der Waals surface area contributed by atoms with Gasteiger partial charge in [0.05, 0.1) is 0 Å². The molecule has 0 nitrogen and oxygen atoms in total. The van der Waals surface area contributed by atoms with Crippen molar-refractivity contribution in [2.75, 3.05) is 0 Å². The number of hydrogen-bond acceptors (Lipinski definition) is 0. The lowest BCUT2D eigenvalue weighted by molar-refractivity contribution is 1.59. The van der Waals surface area contributed by atoms with Crippen molar-refractivity contribution in [2.24, 2.45) is 0 Å². The molecule has 0 saturated heterocycles. The molecule has 0 atom stereocenters. The Balaban J connectivity index is 1.38. The lowest BCUT2D eigenvalue weighted by atomic mass is 9.81. The van der Waals surface area contributed by atoms with Gasteiger partial charge >= 0.3 is 0 Å². The smallest absolute Gasteiger partial charge is 0.000718 e. The first-order chi connectivity index (χ1) is 23.9. The van der Waals surface area contributed by atoms with Crippen LogP contribution < -0.4 is 0 Å². The zero-order valence-corrected chi connectivity index (χ0v) is 26.2. The largest absolute Gasteiger partial charge is 0.0622 e. The Bertz CT molecular complexity index is 2860. The van der Waals surface area contributed by atoms with Crippen molar-refractivity contribution in [1.29, 1.82) is 0 Å². The highest BCUT2D eigenvalue weighted by Gasteiger charge is 2.32. The highest BCUT2D eigenvalue weighted by molar-refractivity contribution is 6.39. The topological polar surface area (TPSA) is 0 Å². The number of benzene rings is 10. The molecule has 0 heteroatoms. The predicted octanol–water partition coefficient (Wildman–Crippen LogP) is 13.5. The first-order valence-electron chi connectivity index (χ1n) is 16.8. The normalized spacial score (nSPS) is 12.2. The van der Waals surface area contributed by atoms with E-state index in [0.29, 0.717) is 0 Å². The Morgan fingerprint density at radius 2 is 0.688 bits per heavy atom. The molecule has 0 amide bonds. The second-order valence-corrected chi connectivity index (χ2v) is 13.1. The second kappa shape index (κ2) is 9.64. The van der Waals surface area contributed by atoms with Crippen LogP contribution >= 0.6 is 0 Å². The van der Waals surface area contributed by atoms with Gasteiger partial charge in [-0.2, -0.15) is 0 Å². The minimum Gasteiger partial charge on any atom is -0.0622 e. The molecule has 10 aromatic carbocycles. The van der Waals surface area contributed by atoms with E-state index in [1.54, 1.807) is 0 Å². The van der Waals surface area contributed by atoms with Gasteiger partial charge in [-0.3, -0.25) is 0 Å². The Morgan fingerprint density at radius 1 is 0.208 bits per heavy atom. The lowest BCUT2D eigenvalue weighted by Gasteiger charge is -2.22. The van der Waals surface area contributed by atoms with E-state index in [1.165, 1.54) is 109 Å². The average molecular weight is 605 g/mol. The summed E-state index contributed by atoms with van der Waals surface area (Å²) in [7, 11) is 0. The summed E-state index contributed by atoms with van der Waals surface area (Å²) in [6.45, 7) is 0. The molecule has 1 aliphatic rings. The quantitative estimate of drug-likeness (QED) is 0.139. The zero-order chi connectivity index (χ0) is 31.3. The van der Waals surface area contributed by atoms with Crippen LogP contribution in [0.5, 0.6) is 0 Å². The average Bonchev–Trinajstić information content (AvgIpc) is 3.49. The zero-order valence-electron chi connectivity index (χ0n) is 26.2. The Kier molecular flexibility index (Phi) is 5.20. The maximum Gasteiger partial charge on any atom is -0.000718 e. The van der Waals surface area contributed by atoms with Crippen molar-refractivity contribution in [2.45, 2.75) is 0 Å². The molecule has 0 radical (unpaired) electrons. The molecule has 0 aromatic heterocycles. The highest BCUT2D eigenvalue weighted by atomic mass is 14.3. The first-order valence-corrected chi connectivity index (χ1v) is 16.8. The molecule has 0 spiro atoms. The molecule has 0 bridgehead atoms. The van der Waals surface area contributed by atoms with Crippen LogP contribution in [0.4, 0.5) is 0 Å². The summed E-state index contributed by atoms with van der Waals surface area (Å²) in [5.41, 5.74) is 13.0. The van der Waals surface area contributed by atoms with Crippen LogP contribution in [0.15, 0.2) is 170 Å². The van der Waals surface area contributed by atoms with Crippen LogP contribution in [0.1, 0.15) is 0 Å². The van der Waals surface area contributed by atoms with E-state index in [9.17, 15) is 0 Å².